The first-order valence-corrected chi connectivity index (χ1v) is 9.61. The monoisotopic (exact) mass is 357 g/mol. The lowest BCUT2D eigenvalue weighted by Gasteiger charge is -2.28. The average Bonchev–Trinajstić information content (AvgIpc) is 2.87. The zero-order valence-corrected chi connectivity index (χ0v) is 14.2. The summed E-state index contributed by atoms with van der Waals surface area (Å²) in [6.45, 7) is 2.28. The molecule has 1 aliphatic rings. The lowest BCUT2D eigenvalue weighted by Crippen LogP contribution is -2.42. The average molecular weight is 357 g/mol. The summed E-state index contributed by atoms with van der Waals surface area (Å²) >= 11 is 0. The number of benzene rings is 1. The molecule has 1 aromatic rings. The van der Waals surface area contributed by atoms with E-state index < -0.39 is 33.6 Å². The summed E-state index contributed by atoms with van der Waals surface area (Å²) < 4.78 is 37.5. The van der Waals surface area contributed by atoms with Crippen LogP contribution in [0.1, 0.15) is 46.9 Å². The van der Waals surface area contributed by atoms with Crippen LogP contribution in [0.5, 0.6) is 0 Å². The maximum Gasteiger partial charge on any atom is 0.335 e. The first-order valence-electron chi connectivity index (χ1n) is 7.79. The number of unbranched alkanes of at least 4 members (excludes halogenated alkanes) is 1. The van der Waals surface area contributed by atoms with E-state index in [0.29, 0.717) is 19.4 Å². The zero-order chi connectivity index (χ0) is 17.9. The summed E-state index contributed by atoms with van der Waals surface area (Å²) in [4.78, 5) is 25.0. The molecule has 0 radical (unpaired) electrons. The summed E-state index contributed by atoms with van der Waals surface area (Å²) in [5, 5.41) is 8.87. The van der Waals surface area contributed by atoms with Crippen LogP contribution < -0.4 is 0 Å². The fourth-order valence-electron chi connectivity index (χ4n) is 2.78. The Labute approximate surface area is 140 Å². The molecule has 0 spiro atoms. The lowest BCUT2D eigenvalue weighted by atomic mass is 10.1. The van der Waals surface area contributed by atoms with E-state index >= 15 is 0 Å². The molecule has 1 N–H and O–H groups in total. The Bertz CT molecular complexity index is 747. The summed E-state index contributed by atoms with van der Waals surface area (Å²) in [5.41, 5.74) is -0.479. The van der Waals surface area contributed by atoms with Crippen LogP contribution in [0.15, 0.2) is 18.2 Å². The van der Waals surface area contributed by atoms with Crippen molar-refractivity contribution in [3.63, 3.8) is 0 Å². The molecule has 132 valence electrons. The molecule has 1 aliphatic heterocycles. The number of hydrogen-bond acceptors (Lipinski definition) is 4. The van der Waals surface area contributed by atoms with E-state index in [1.807, 2.05) is 6.92 Å². The number of nitrogens with zero attached hydrogens (tertiary/aromatic N) is 1. The molecule has 0 aromatic heterocycles. The third-order valence-corrected chi connectivity index (χ3v) is 5.86. The van der Waals surface area contributed by atoms with Crippen LogP contribution in [0, 0.1) is 5.82 Å². The molecular weight excluding hydrogens is 337 g/mol. The number of carbonyl (C=O) groups excluding carboxylic acids is 1. The second-order valence-electron chi connectivity index (χ2n) is 5.91. The van der Waals surface area contributed by atoms with E-state index in [2.05, 4.69) is 0 Å². The highest BCUT2D eigenvalue weighted by atomic mass is 32.2. The maximum atomic E-state index is 14.2. The number of sulfone groups is 1. The molecule has 1 unspecified atom stereocenters. The first-order chi connectivity index (χ1) is 11.2. The summed E-state index contributed by atoms with van der Waals surface area (Å²) in [5.74, 6) is -2.88. The van der Waals surface area contributed by atoms with Crippen molar-refractivity contribution in [2.75, 3.05) is 18.1 Å². The molecule has 1 fully saturated rings. The van der Waals surface area contributed by atoms with Crippen LogP contribution >= 0.6 is 0 Å². The number of rotatable bonds is 6. The number of carboxylic acid groups (broad SMARTS) is 1. The van der Waals surface area contributed by atoms with Crippen molar-refractivity contribution < 1.29 is 27.5 Å². The van der Waals surface area contributed by atoms with Crippen LogP contribution in [-0.4, -0.2) is 54.4 Å². The molecule has 2 rings (SSSR count). The number of carboxylic acids is 1. The fraction of sp³-hybridized carbons (Fsp3) is 0.500. The van der Waals surface area contributed by atoms with Crippen molar-refractivity contribution in [2.24, 2.45) is 0 Å². The summed E-state index contributed by atoms with van der Waals surface area (Å²) in [7, 11) is -3.17. The minimum absolute atomic E-state index is 0.0218. The number of aromatic carboxylic acids is 1. The van der Waals surface area contributed by atoms with Crippen LogP contribution in [0.25, 0.3) is 0 Å². The highest BCUT2D eigenvalue weighted by molar-refractivity contribution is 7.91. The Hall–Kier alpha value is -1.96. The third kappa shape index (κ3) is 4.11. The van der Waals surface area contributed by atoms with Gasteiger partial charge < -0.3 is 10.0 Å². The minimum atomic E-state index is -3.17. The van der Waals surface area contributed by atoms with Crippen molar-refractivity contribution >= 4 is 21.7 Å². The third-order valence-electron chi connectivity index (χ3n) is 4.11. The lowest BCUT2D eigenvalue weighted by molar-refractivity contribution is 0.0676. The largest absolute Gasteiger partial charge is 0.478 e. The van der Waals surface area contributed by atoms with Gasteiger partial charge in [-0.3, -0.25) is 4.79 Å². The Morgan fingerprint density at radius 1 is 1.38 bits per heavy atom. The predicted octanol–water partition coefficient (Wildman–Crippen LogP) is 1.95. The zero-order valence-electron chi connectivity index (χ0n) is 13.4. The van der Waals surface area contributed by atoms with Crippen molar-refractivity contribution in [3.8, 4) is 0 Å². The highest BCUT2D eigenvalue weighted by Crippen LogP contribution is 2.22. The van der Waals surface area contributed by atoms with Gasteiger partial charge in [-0.15, -0.1) is 0 Å². The van der Waals surface area contributed by atoms with Gasteiger partial charge in [0.1, 0.15) is 5.82 Å². The standard InChI is InChI=1S/C16H20FNO5S/c1-2-3-7-18(12-6-8-24(22,23)10-12)15(19)13-5-4-11(16(20)21)9-14(13)17/h4-5,9,12H,2-3,6-8,10H2,1H3,(H,20,21). The number of amides is 1. The van der Waals surface area contributed by atoms with Gasteiger partial charge in [0, 0.05) is 12.6 Å². The number of carbonyl (C=O) groups is 2. The van der Waals surface area contributed by atoms with E-state index in [0.717, 1.165) is 18.6 Å². The van der Waals surface area contributed by atoms with Gasteiger partial charge in [0.2, 0.25) is 0 Å². The van der Waals surface area contributed by atoms with E-state index in [1.54, 1.807) is 0 Å². The topological polar surface area (TPSA) is 91.8 Å². The van der Waals surface area contributed by atoms with Crippen LogP contribution in [0.4, 0.5) is 4.39 Å². The van der Waals surface area contributed by atoms with Crippen LogP contribution in [0.3, 0.4) is 0 Å². The van der Waals surface area contributed by atoms with E-state index in [-0.39, 0.29) is 22.6 Å². The summed E-state index contributed by atoms with van der Waals surface area (Å²) in [6.07, 6.45) is 1.83. The van der Waals surface area contributed by atoms with Gasteiger partial charge in [-0.1, -0.05) is 13.3 Å². The van der Waals surface area contributed by atoms with Gasteiger partial charge in [-0.05, 0) is 31.0 Å². The minimum Gasteiger partial charge on any atom is -0.478 e. The van der Waals surface area contributed by atoms with Gasteiger partial charge in [-0.2, -0.15) is 0 Å². The van der Waals surface area contributed by atoms with E-state index in [4.69, 9.17) is 5.11 Å². The number of halogens is 1. The molecule has 0 saturated carbocycles. The van der Waals surface area contributed by atoms with Crippen LogP contribution in [-0.2, 0) is 9.84 Å². The van der Waals surface area contributed by atoms with E-state index in [9.17, 15) is 22.4 Å². The maximum absolute atomic E-state index is 14.2. The second-order valence-corrected chi connectivity index (χ2v) is 8.14. The SMILES string of the molecule is CCCCN(C(=O)c1ccc(C(=O)O)cc1F)C1CCS(=O)(=O)C1. The van der Waals surface area contributed by atoms with Crippen LogP contribution in [0.2, 0.25) is 0 Å². The molecule has 8 heteroatoms. The molecule has 1 aromatic carbocycles. The normalized spacial score (nSPS) is 19.2. The number of hydrogen-bond donors (Lipinski definition) is 1. The van der Waals surface area contributed by atoms with E-state index in [1.165, 1.54) is 11.0 Å². The molecule has 0 aliphatic carbocycles. The van der Waals surface area contributed by atoms with Crippen molar-refractivity contribution in [3.05, 3.63) is 35.1 Å². The molecule has 0 bridgehead atoms. The van der Waals surface area contributed by atoms with Gasteiger partial charge in [-0.25, -0.2) is 17.6 Å². The fourth-order valence-corrected chi connectivity index (χ4v) is 4.51. The highest BCUT2D eigenvalue weighted by Gasteiger charge is 2.35. The molecule has 1 saturated heterocycles. The Balaban J connectivity index is 2.29. The predicted molar refractivity (Wildman–Crippen MR) is 86.4 cm³/mol. The Kier molecular flexibility index (Phi) is 5.58. The first kappa shape index (κ1) is 18.4. The molecule has 6 nitrogen and oxygen atoms in total. The van der Waals surface area contributed by atoms with Gasteiger partial charge in [0.25, 0.3) is 5.91 Å². The van der Waals surface area contributed by atoms with Gasteiger partial charge >= 0.3 is 5.97 Å². The van der Waals surface area contributed by atoms with Gasteiger partial charge in [0.15, 0.2) is 9.84 Å². The van der Waals surface area contributed by atoms with Crippen molar-refractivity contribution in [2.45, 2.75) is 32.2 Å². The molecule has 24 heavy (non-hydrogen) atoms. The smallest absolute Gasteiger partial charge is 0.335 e. The second kappa shape index (κ2) is 7.29. The van der Waals surface area contributed by atoms with Crippen molar-refractivity contribution in [1.29, 1.82) is 0 Å². The van der Waals surface area contributed by atoms with Crippen molar-refractivity contribution in [1.82, 2.24) is 4.90 Å². The molecule has 1 amide bonds. The summed E-state index contributed by atoms with van der Waals surface area (Å²) in [6, 6.07) is 2.65. The molecule has 1 atom stereocenters. The van der Waals surface area contributed by atoms with Gasteiger partial charge in [0.05, 0.1) is 22.6 Å². The molecule has 1 heterocycles. The Morgan fingerprint density at radius 2 is 2.08 bits per heavy atom. The quantitative estimate of drug-likeness (QED) is 0.840. The molecular formula is C16H20FNO5S. The Morgan fingerprint density at radius 3 is 2.58 bits per heavy atom.